The minimum absolute atomic E-state index is 0.213. The lowest BCUT2D eigenvalue weighted by molar-refractivity contribution is -0.146. The van der Waals surface area contributed by atoms with Crippen molar-refractivity contribution in [1.82, 2.24) is 14.5 Å². The van der Waals surface area contributed by atoms with Crippen LogP contribution in [0, 0.1) is 11.7 Å². The summed E-state index contributed by atoms with van der Waals surface area (Å²) in [5.74, 6) is -0.641. The van der Waals surface area contributed by atoms with Gasteiger partial charge >= 0.3 is 11.7 Å². The van der Waals surface area contributed by atoms with E-state index in [-0.39, 0.29) is 24.9 Å². The SMILES string of the molecule is C=CCn1c2c(c(N3CCN(Cc4ccccc4F)CC3)nc1=O)C(c1ccccc1)C(C(=O)OCC)C(C)=N2. The monoisotopic (exact) mass is 543 g/mol. The second kappa shape index (κ2) is 12.0. The molecular formula is C31H34FN5O3. The van der Waals surface area contributed by atoms with E-state index in [0.717, 1.165) is 11.1 Å². The summed E-state index contributed by atoms with van der Waals surface area (Å²) in [5.41, 5.74) is 2.48. The molecule has 1 aromatic heterocycles. The number of carbonyl (C=O) groups is 1. The molecule has 0 bridgehead atoms. The molecule has 0 radical (unpaired) electrons. The van der Waals surface area contributed by atoms with Gasteiger partial charge in [0, 0.05) is 62.0 Å². The number of aromatic nitrogens is 2. The van der Waals surface area contributed by atoms with Crippen LogP contribution in [0.15, 0.2) is 77.0 Å². The van der Waals surface area contributed by atoms with Gasteiger partial charge in [-0.15, -0.1) is 6.58 Å². The molecule has 2 aliphatic rings. The number of fused-ring (bicyclic) bond motifs is 1. The molecule has 0 amide bonds. The van der Waals surface area contributed by atoms with Gasteiger partial charge in [-0.25, -0.2) is 14.2 Å². The van der Waals surface area contributed by atoms with Gasteiger partial charge in [-0.2, -0.15) is 4.98 Å². The fourth-order valence-electron chi connectivity index (χ4n) is 5.67. The Morgan fingerprint density at radius 1 is 1.10 bits per heavy atom. The number of hydrogen-bond acceptors (Lipinski definition) is 7. The normalized spacial score (nSPS) is 19.1. The first-order valence-corrected chi connectivity index (χ1v) is 13.7. The fraction of sp³-hybridized carbons (Fsp3) is 0.355. The molecule has 8 nitrogen and oxygen atoms in total. The third kappa shape index (κ3) is 5.34. The standard InChI is InChI=1S/C31H34FN5O3/c1-4-15-37-29-27(26(22-11-7-6-8-12-22)25(21(3)33-29)30(38)40-5-2)28(34-31(37)39)36-18-16-35(17-19-36)20-23-13-9-10-14-24(23)32/h4,6-14,25-26H,1,5,15-20H2,2-3H3. The molecule has 3 aromatic rings. The molecule has 0 N–H and O–H groups in total. The predicted octanol–water partition coefficient (Wildman–Crippen LogP) is 4.31. The number of nitrogens with zero attached hydrogens (tertiary/aromatic N) is 5. The molecule has 0 spiro atoms. The number of benzene rings is 2. The van der Waals surface area contributed by atoms with Crippen LogP contribution in [-0.4, -0.2) is 58.9 Å². The van der Waals surface area contributed by atoms with Crippen molar-refractivity contribution in [1.29, 1.82) is 0 Å². The second-order valence-corrected chi connectivity index (χ2v) is 10.1. The Hall–Kier alpha value is -4.11. The van der Waals surface area contributed by atoms with E-state index in [2.05, 4.69) is 21.4 Å². The number of halogens is 1. The highest BCUT2D eigenvalue weighted by Crippen LogP contribution is 2.46. The second-order valence-electron chi connectivity index (χ2n) is 10.1. The molecule has 2 aromatic carbocycles. The van der Waals surface area contributed by atoms with E-state index < -0.39 is 17.5 Å². The average Bonchev–Trinajstić information content (AvgIpc) is 2.96. The summed E-state index contributed by atoms with van der Waals surface area (Å²) in [6.45, 7) is 10.9. The molecule has 2 atom stereocenters. The fourth-order valence-corrected chi connectivity index (χ4v) is 5.67. The van der Waals surface area contributed by atoms with Gasteiger partial charge in [-0.05, 0) is 25.5 Å². The summed E-state index contributed by atoms with van der Waals surface area (Å²) in [6, 6.07) is 16.6. The summed E-state index contributed by atoms with van der Waals surface area (Å²) < 4.78 is 21.3. The smallest absolute Gasteiger partial charge is 0.351 e. The van der Waals surface area contributed by atoms with Crippen LogP contribution in [0.25, 0.3) is 0 Å². The number of aliphatic imine (C=N–C) groups is 1. The van der Waals surface area contributed by atoms with Crippen molar-refractivity contribution in [3.8, 4) is 0 Å². The molecule has 1 fully saturated rings. The van der Waals surface area contributed by atoms with E-state index in [1.54, 1.807) is 25.1 Å². The maximum Gasteiger partial charge on any atom is 0.351 e. The number of anilines is 1. The molecule has 1 saturated heterocycles. The Balaban J connectivity index is 1.58. The van der Waals surface area contributed by atoms with Gasteiger partial charge < -0.3 is 9.64 Å². The van der Waals surface area contributed by atoms with Gasteiger partial charge in [0.15, 0.2) is 0 Å². The number of esters is 1. The molecule has 3 heterocycles. The number of allylic oxidation sites excluding steroid dienone is 1. The Labute approximate surface area is 233 Å². The van der Waals surface area contributed by atoms with Crippen molar-refractivity contribution in [3.05, 3.63) is 100 Å². The van der Waals surface area contributed by atoms with Crippen LogP contribution in [0.4, 0.5) is 16.0 Å². The topological polar surface area (TPSA) is 80.0 Å². The average molecular weight is 544 g/mol. The molecule has 5 rings (SSSR count). The van der Waals surface area contributed by atoms with E-state index in [1.807, 2.05) is 43.3 Å². The molecule has 2 aliphatic heterocycles. The molecule has 0 saturated carbocycles. The summed E-state index contributed by atoms with van der Waals surface area (Å²) in [6.07, 6.45) is 1.64. The zero-order valence-corrected chi connectivity index (χ0v) is 22.9. The van der Waals surface area contributed by atoms with Crippen LogP contribution >= 0.6 is 0 Å². The highest BCUT2D eigenvalue weighted by atomic mass is 19.1. The van der Waals surface area contributed by atoms with Crippen LogP contribution in [0.3, 0.4) is 0 Å². The minimum Gasteiger partial charge on any atom is -0.465 e. The first kappa shape index (κ1) is 27.5. The lowest BCUT2D eigenvalue weighted by Gasteiger charge is -2.39. The largest absolute Gasteiger partial charge is 0.465 e. The maximum atomic E-state index is 14.3. The lowest BCUT2D eigenvalue weighted by Crippen LogP contribution is -2.48. The summed E-state index contributed by atoms with van der Waals surface area (Å²) in [5, 5.41) is 0. The third-order valence-corrected chi connectivity index (χ3v) is 7.58. The zero-order chi connectivity index (χ0) is 28.2. The van der Waals surface area contributed by atoms with Crippen LogP contribution in [0.5, 0.6) is 0 Å². The van der Waals surface area contributed by atoms with Crippen LogP contribution in [0.2, 0.25) is 0 Å². The molecule has 2 unspecified atom stereocenters. The molecule has 0 aliphatic carbocycles. The van der Waals surface area contributed by atoms with Crippen molar-refractivity contribution in [2.45, 2.75) is 32.9 Å². The van der Waals surface area contributed by atoms with Gasteiger partial charge in [0.1, 0.15) is 23.4 Å². The van der Waals surface area contributed by atoms with Gasteiger partial charge in [-0.3, -0.25) is 14.3 Å². The number of hydrogen-bond donors (Lipinski definition) is 0. The van der Waals surface area contributed by atoms with E-state index in [9.17, 15) is 14.0 Å². The van der Waals surface area contributed by atoms with Crippen LogP contribution in [0.1, 0.15) is 36.5 Å². The molecule has 40 heavy (non-hydrogen) atoms. The summed E-state index contributed by atoms with van der Waals surface area (Å²) in [4.78, 5) is 40.4. The van der Waals surface area contributed by atoms with Crippen molar-refractivity contribution in [3.63, 3.8) is 0 Å². The van der Waals surface area contributed by atoms with E-state index >= 15 is 0 Å². The highest BCUT2D eigenvalue weighted by Gasteiger charge is 2.42. The van der Waals surface area contributed by atoms with Gasteiger partial charge in [0.05, 0.1) is 6.61 Å². The number of rotatable bonds is 8. The predicted molar refractivity (Wildman–Crippen MR) is 154 cm³/mol. The third-order valence-electron chi connectivity index (χ3n) is 7.58. The Bertz CT molecular complexity index is 1480. The maximum absolute atomic E-state index is 14.3. The van der Waals surface area contributed by atoms with Crippen LogP contribution < -0.4 is 10.6 Å². The van der Waals surface area contributed by atoms with E-state index in [4.69, 9.17) is 9.73 Å². The van der Waals surface area contributed by atoms with Crippen molar-refractivity contribution < 1.29 is 13.9 Å². The first-order valence-electron chi connectivity index (χ1n) is 13.7. The van der Waals surface area contributed by atoms with Gasteiger partial charge in [0.2, 0.25) is 0 Å². The van der Waals surface area contributed by atoms with Crippen molar-refractivity contribution in [2.75, 3.05) is 37.7 Å². The van der Waals surface area contributed by atoms with Crippen molar-refractivity contribution >= 4 is 23.3 Å². The summed E-state index contributed by atoms with van der Waals surface area (Å²) >= 11 is 0. The summed E-state index contributed by atoms with van der Waals surface area (Å²) in [7, 11) is 0. The number of carbonyl (C=O) groups excluding carboxylic acids is 1. The van der Waals surface area contributed by atoms with E-state index in [1.165, 1.54) is 10.6 Å². The number of piperazine rings is 1. The first-order chi connectivity index (χ1) is 19.4. The Kier molecular flexibility index (Phi) is 8.21. The number of ether oxygens (including phenoxy) is 1. The highest BCUT2D eigenvalue weighted by molar-refractivity contribution is 6.05. The van der Waals surface area contributed by atoms with E-state index in [0.29, 0.717) is 55.6 Å². The quantitative estimate of drug-likeness (QED) is 0.311. The van der Waals surface area contributed by atoms with Crippen LogP contribution in [-0.2, 0) is 22.6 Å². The Morgan fingerprint density at radius 2 is 1.80 bits per heavy atom. The van der Waals surface area contributed by atoms with Gasteiger partial charge in [0.25, 0.3) is 0 Å². The molecule has 208 valence electrons. The minimum atomic E-state index is -0.660. The zero-order valence-electron chi connectivity index (χ0n) is 22.9. The van der Waals surface area contributed by atoms with Crippen molar-refractivity contribution in [2.24, 2.45) is 10.9 Å². The Morgan fingerprint density at radius 3 is 2.48 bits per heavy atom. The van der Waals surface area contributed by atoms with Gasteiger partial charge in [-0.1, -0.05) is 54.6 Å². The lowest BCUT2D eigenvalue weighted by atomic mass is 9.76. The molecule has 9 heteroatoms. The molecular weight excluding hydrogens is 509 g/mol.